The third-order valence-electron chi connectivity index (χ3n) is 10.2. The van der Waals surface area contributed by atoms with Crippen molar-refractivity contribution in [2.24, 2.45) is 5.41 Å². The molecule has 1 saturated carbocycles. The number of ether oxygens (including phenoxy) is 1. The van der Waals surface area contributed by atoms with E-state index in [2.05, 4.69) is 15.4 Å². The molecule has 246 valence electrons. The Kier molecular flexibility index (Phi) is 8.17. The lowest BCUT2D eigenvalue weighted by molar-refractivity contribution is -0.141. The lowest BCUT2D eigenvalue weighted by Crippen LogP contribution is -2.47. The molecule has 1 N–H and O–H groups in total. The number of rotatable bonds is 6. The monoisotopic (exact) mass is 649 g/mol. The summed E-state index contributed by atoms with van der Waals surface area (Å²) in [6, 6.07) is 11.4. The number of hydrogen-bond acceptors (Lipinski definition) is 6. The van der Waals surface area contributed by atoms with Gasteiger partial charge in [-0.05, 0) is 60.2 Å². The number of nitrogens with zero attached hydrogens (tertiary/aromatic N) is 4. The number of methoxy groups -OCH3 is 1. The Balaban J connectivity index is 1.67. The molecule has 1 aliphatic carbocycles. The highest BCUT2D eigenvalue weighted by atomic mass is 32.2. The molecule has 0 radical (unpaired) electrons. The van der Waals surface area contributed by atoms with E-state index in [9.17, 15) is 22.8 Å². The van der Waals surface area contributed by atoms with Crippen molar-refractivity contribution in [3.05, 3.63) is 53.1 Å². The molecule has 6 rings (SSSR count). The molecule has 3 aromatic rings. The number of amides is 3. The lowest BCUT2D eigenvalue weighted by Gasteiger charge is -2.35. The van der Waals surface area contributed by atoms with Crippen molar-refractivity contribution in [1.29, 1.82) is 0 Å². The van der Waals surface area contributed by atoms with Crippen LogP contribution in [0.15, 0.2) is 36.4 Å². The average Bonchev–Trinajstić information content (AvgIpc) is 3.54. The van der Waals surface area contributed by atoms with Crippen molar-refractivity contribution < 1.29 is 27.5 Å². The van der Waals surface area contributed by atoms with E-state index in [1.54, 1.807) is 43.1 Å². The largest absolute Gasteiger partial charge is 0.497 e. The van der Waals surface area contributed by atoms with Crippen LogP contribution in [0.3, 0.4) is 0 Å². The third kappa shape index (κ3) is 5.15. The Labute approximate surface area is 270 Å². The van der Waals surface area contributed by atoms with Gasteiger partial charge in [0, 0.05) is 82.7 Å². The van der Waals surface area contributed by atoms with Gasteiger partial charge in [0.05, 0.1) is 18.2 Å². The Morgan fingerprint density at radius 3 is 2.33 bits per heavy atom. The van der Waals surface area contributed by atoms with Crippen LogP contribution in [0.25, 0.3) is 22.2 Å². The van der Waals surface area contributed by atoms with E-state index in [4.69, 9.17) is 4.74 Å². The molecule has 1 saturated heterocycles. The van der Waals surface area contributed by atoms with Crippen molar-refractivity contribution >= 4 is 38.8 Å². The fourth-order valence-electron chi connectivity index (χ4n) is 7.93. The second kappa shape index (κ2) is 11.7. The normalized spacial score (nSPS) is 21.4. The molecule has 0 bridgehead atoms. The molecule has 12 heteroatoms. The molecule has 2 fully saturated rings. The molecular weight excluding hydrogens is 606 g/mol. The summed E-state index contributed by atoms with van der Waals surface area (Å²) in [6.07, 6.45) is 5.49. The van der Waals surface area contributed by atoms with E-state index in [0.29, 0.717) is 12.3 Å². The van der Waals surface area contributed by atoms with E-state index in [-0.39, 0.29) is 42.3 Å². The summed E-state index contributed by atoms with van der Waals surface area (Å²) in [4.78, 5) is 44.0. The number of likely N-dealkylation sites (tertiary alicyclic amines) is 1. The van der Waals surface area contributed by atoms with Crippen LogP contribution >= 0.6 is 0 Å². The summed E-state index contributed by atoms with van der Waals surface area (Å²) in [6.45, 7) is 2.47. The highest BCUT2D eigenvalue weighted by Gasteiger charge is 2.56. The van der Waals surface area contributed by atoms with Crippen LogP contribution in [0, 0.1) is 5.41 Å². The van der Waals surface area contributed by atoms with E-state index in [0.717, 1.165) is 57.7 Å². The second-order valence-electron chi connectivity index (χ2n) is 13.4. The van der Waals surface area contributed by atoms with Crippen LogP contribution in [0.4, 0.5) is 0 Å². The zero-order chi connectivity index (χ0) is 33.1. The molecule has 11 nitrogen and oxygen atoms in total. The van der Waals surface area contributed by atoms with Crippen molar-refractivity contribution in [3.63, 3.8) is 0 Å². The molecule has 2 aromatic carbocycles. The van der Waals surface area contributed by atoms with Gasteiger partial charge in [0.25, 0.3) is 5.91 Å². The first kappa shape index (κ1) is 32.1. The maximum atomic E-state index is 14.4. The number of hydrogen-bond donors (Lipinski definition) is 1. The predicted octanol–water partition coefficient (Wildman–Crippen LogP) is 3.93. The molecule has 3 heterocycles. The zero-order valence-electron chi connectivity index (χ0n) is 27.4. The first-order chi connectivity index (χ1) is 21.8. The quantitative estimate of drug-likeness (QED) is 0.432. The molecule has 0 unspecified atom stereocenters. The number of carbonyl (C=O) groups excluding carboxylic acids is 3. The number of aromatic nitrogens is 1. The van der Waals surface area contributed by atoms with Crippen LogP contribution in [0.2, 0.25) is 0 Å². The minimum Gasteiger partial charge on any atom is -0.497 e. The summed E-state index contributed by atoms with van der Waals surface area (Å²) < 4.78 is 36.1. The van der Waals surface area contributed by atoms with Crippen molar-refractivity contribution in [3.8, 4) is 17.0 Å². The highest BCUT2D eigenvalue weighted by Crippen LogP contribution is 2.55. The summed E-state index contributed by atoms with van der Waals surface area (Å²) >= 11 is 0. The SMILES string of the molecule is COc1ccc2c(c1)[C@H]1CN(C(C)=O)C[C@]1(C(=O)N(C)C)Cn1c-2c(C2CCCCC2)c2ccc(C(=O)NS(=O)(=O)N(C)C)cc21. The molecule has 0 spiro atoms. The third-order valence-corrected chi connectivity index (χ3v) is 11.6. The number of carbonyl (C=O) groups is 3. The van der Waals surface area contributed by atoms with Gasteiger partial charge in [-0.15, -0.1) is 0 Å². The van der Waals surface area contributed by atoms with Gasteiger partial charge in [-0.3, -0.25) is 14.4 Å². The van der Waals surface area contributed by atoms with Crippen LogP contribution < -0.4 is 9.46 Å². The fourth-order valence-corrected chi connectivity index (χ4v) is 8.47. The predicted molar refractivity (Wildman–Crippen MR) is 176 cm³/mol. The zero-order valence-corrected chi connectivity index (χ0v) is 28.2. The topological polar surface area (TPSA) is 121 Å². The Hall–Kier alpha value is -3.90. The highest BCUT2D eigenvalue weighted by molar-refractivity contribution is 7.87. The molecule has 1 aromatic heterocycles. The molecule has 46 heavy (non-hydrogen) atoms. The van der Waals surface area contributed by atoms with Gasteiger partial charge in [0.1, 0.15) is 5.75 Å². The Bertz CT molecular complexity index is 1840. The molecule has 2 aliphatic heterocycles. The van der Waals surface area contributed by atoms with Crippen LogP contribution in [-0.2, 0) is 26.3 Å². The van der Waals surface area contributed by atoms with E-state index in [1.807, 2.05) is 18.2 Å². The van der Waals surface area contributed by atoms with E-state index in [1.165, 1.54) is 33.0 Å². The summed E-state index contributed by atoms with van der Waals surface area (Å²) in [5.74, 6) is -0.244. The maximum Gasteiger partial charge on any atom is 0.303 e. The Morgan fingerprint density at radius 1 is 0.978 bits per heavy atom. The summed E-state index contributed by atoms with van der Waals surface area (Å²) in [5, 5.41) is 0.989. The van der Waals surface area contributed by atoms with Crippen LogP contribution in [-0.4, -0.2) is 93.2 Å². The number of benzene rings is 2. The smallest absolute Gasteiger partial charge is 0.303 e. The second-order valence-corrected chi connectivity index (χ2v) is 15.3. The van der Waals surface area contributed by atoms with E-state index >= 15 is 0 Å². The maximum absolute atomic E-state index is 14.4. The van der Waals surface area contributed by atoms with Crippen LogP contribution in [0.5, 0.6) is 5.75 Å². The van der Waals surface area contributed by atoms with Gasteiger partial charge < -0.3 is 19.1 Å². The van der Waals surface area contributed by atoms with Crippen molar-refractivity contribution in [1.82, 2.24) is 23.4 Å². The van der Waals surface area contributed by atoms with Gasteiger partial charge in [-0.2, -0.15) is 12.7 Å². The van der Waals surface area contributed by atoms with Gasteiger partial charge >= 0.3 is 10.2 Å². The fraction of sp³-hybridized carbons (Fsp3) is 0.500. The van der Waals surface area contributed by atoms with Gasteiger partial charge in [0.15, 0.2) is 0 Å². The molecule has 3 aliphatic rings. The molecule has 3 amide bonds. The van der Waals surface area contributed by atoms with E-state index < -0.39 is 21.5 Å². The summed E-state index contributed by atoms with van der Waals surface area (Å²) in [7, 11) is 3.83. The molecule has 2 atom stereocenters. The Morgan fingerprint density at radius 2 is 1.70 bits per heavy atom. The minimum absolute atomic E-state index is 0.0742. The first-order valence-corrected chi connectivity index (χ1v) is 17.3. The minimum atomic E-state index is -4.01. The van der Waals surface area contributed by atoms with Gasteiger partial charge in [0.2, 0.25) is 11.8 Å². The lowest BCUT2D eigenvalue weighted by atomic mass is 9.72. The van der Waals surface area contributed by atoms with Crippen molar-refractivity contribution in [2.75, 3.05) is 48.4 Å². The summed E-state index contributed by atoms with van der Waals surface area (Å²) in [5.41, 5.74) is 4.14. The van der Waals surface area contributed by atoms with Crippen LogP contribution in [0.1, 0.15) is 72.3 Å². The van der Waals surface area contributed by atoms with Gasteiger partial charge in [-0.25, -0.2) is 4.72 Å². The number of fused-ring (bicyclic) bond motifs is 7. The standard InChI is InChI=1S/C34H43N5O6S/c1-21(40)38-18-28-27-17-24(45-6)13-15-25(27)31-30(22-10-8-7-9-11-22)26-14-12-23(32(41)35-46(43,44)37(4)5)16-29(26)39(31)20-34(28,19-38)33(42)36(2)3/h12-17,22,28H,7-11,18-20H2,1-6H3,(H,35,41)/t28-,34+/m1/s1. The van der Waals surface area contributed by atoms with Gasteiger partial charge in [-0.1, -0.05) is 25.3 Å². The average molecular weight is 650 g/mol. The molecular formula is C34H43N5O6S. The first-order valence-electron chi connectivity index (χ1n) is 15.9. The number of nitrogens with one attached hydrogen (secondary N) is 1. The van der Waals surface area contributed by atoms with Crippen molar-refractivity contribution in [2.45, 2.75) is 57.4 Å².